The maximum atomic E-state index is 3.67. The van der Waals surface area contributed by atoms with Crippen LogP contribution in [0.15, 0.2) is 0 Å². The molecule has 84 valence electrons. The molecule has 1 unspecified atom stereocenters. The summed E-state index contributed by atoms with van der Waals surface area (Å²) in [5.41, 5.74) is 0.342. The molecule has 1 aliphatic rings. The number of hydrogen-bond acceptors (Lipinski definition) is 3. The van der Waals surface area contributed by atoms with Crippen molar-refractivity contribution in [2.75, 3.05) is 38.2 Å². The highest BCUT2D eigenvalue weighted by molar-refractivity contribution is 7.98. The summed E-state index contributed by atoms with van der Waals surface area (Å²) in [5.74, 6) is 1.26. The van der Waals surface area contributed by atoms with Crippen LogP contribution in [0.5, 0.6) is 0 Å². The van der Waals surface area contributed by atoms with E-state index in [1.165, 1.54) is 44.8 Å². The standard InChI is InChI=1S/C11H24N2S/c1-4-11(2)10-13(8-9-14-3)7-5-6-12-11/h12H,4-10H2,1-3H3. The van der Waals surface area contributed by atoms with E-state index in [0.29, 0.717) is 5.54 Å². The maximum Gasteiger partial charge on any atom is 0.0277 e. The predicted octanol–water partition coefficient (Wildman–Crippen LogP) is 1.81. The molecule has 0 aromatic heterocycles. The van der Waals surface area contributed by atoms with E-state index in [4.69, 9.17) is 0 Å². The molecule has 1 fully saturated rings. The lowest BCUT2D eigenvalue weighted by Crippen LogP contribution is -2.48. The molecule has 0 radical (unpaired) electrons. The van der Waals surface area contributed by atoms with Crippen molar-refractivity contribution < 1.29 is 0 Å². The van der Waals surface area contributed by atoms with E-state index < -0.39 is 0 Å². The molecule has 1 N–H and O–H groups in total. The van der Waals surface area contributed by atoms with Crippen molar-refractivity contribution >= 4 is 11.8 Å². The monoisotopic (exact) mass is 216 g/mol. The molecule has 1 atom stereocenters. The molecule has 0 aliphatic carbocycles. The van der Waals surface area contributed by atoms with Crippen LogP contribution in [-0.4, -0.2) is 48.6 Å². The van der Waals surface area contributed by atoms with Crippen LogP contribution in [0, 0.1) is 0 Å². The zero-order valence-corrected chi connectivity index (χ0v) is 10.6. The highest BCUT2D eigenvalue weighted by atomic mass is 32.2. The largest absolute Gasteiger partial charge is 0.310 e. The third kappa shape index (κ3) is 3.79. The summed E-state index contributed by atoms with van der Waals surface area (Å²) in [7, 11) is 0. The Morgan fingerprint density at radius 2 is 2.29 bits per heavy atom. The summed E-state index contributed by atoms with van der Waals surface area (Å²) in [5, 5.41) is 3.67. The second kappa shape index (κ2) is 5.99. The normalized spacial score (nSPS) is 30.2. The van der Waals surface area contributed by atoms with Gasteiger partial charge in [-0.15, -0.1) is 0 Å². The Bertz CT molecular complexity index is 163. The van der Waals surface area contributed by atoms with Gasteiger partial charge in [0, 0.05) is 24.4 Å². The third-order valence-corrected chi connectivity index (χ3v) is 3.76. The lowest BCUT2D eigenvalue weighted by atomic mass is 9.99. The smallest absolute Gasteiger partial charge is 0.0277 e. The van der Waals surface area contributed by atoms with E-state index in [-0.39, 0.29) is 0 Å². The Kier molecular flexibility index (Phi) is 5.28. The van der Waals surface area contributed by atoms with E-state index in [9.17, 15) is 0 Å². The van der Waals surface area contributed by atoms with Crippen molar-refractivity contribution in [3.8, 4) is 0 Å². The van der Waals surface area contributed by atoms with Crippen LogP contribution in [0.25, 0.3) is 0 Å². The minimum absolute atomic E-state index is 0.342. The summed E-state index contributed by atoms with van der Waals surface area (Å²) in [4.78, 5) is 2.61. The first-order valence-corrected chi connectivity index (χ1v) is 7.06. The van der Waals surface area contributed by atoms with Crippen molar-refractivity contribution in [2.24, 2.45) is 0 Å². The lowest BCUT2D eigenvalue weighted by molar-refractivity contribution is 0.225. The number of nitrogens with one attached hydrogen (secondary N) is 1. The first kappa shape index (κ1) is 12.3. The first-order valence-electron chi connectivity index (χ1n) is 5.66. The number of rotatable bonds is 4. The zero-order chi connectivity index (χ0) is 10.4. The van der Waals surface area contributed by atoms with Gasteiger partial charge >= 0.3 is 0 Å². The topological polar surface area (TPSA) is 15.3 Å². The minimum Gasteiger partial charge on any atom is -0.310 e. The average molecular weight is 216 g/mol. The van der Waals surface area contributed by atoms with Crippen LogP contribution in [0.3, 0.4) is 0 Å². The van der Waals surface area contributed by atoms with Gasteiger partial charge in [0.25, 0.3) is 0 Å². The van der Waals surface area contributed by atoms with E-state index in [0.717, 1.165) is 0 Å². The molecule has 0 saturated carbocycles. The Morgan fingerprint density at radius 3 is 2.93 bits per heavy atom. The quantitative estimate of drug-likeness (QED) is 0.771. The maximum absolute atomic E-state index is 3.67. The van der Waals surface area contributed by atoms with Crippen LogP contribution in [0.2, 0.25) is 0 Å². The minimum atomic E-state index is 0.342. The highest BCUT2D eigenvalue weighted by Crippen LogP contribution is 2.15. The Labute approximate surface area is 92.8 Å². The molecular formula is C11H24N2S. The van der Waals surface area contributed by atoms with Crippen LogP contribution < -0.4 is 5.32 Å². The van der Waals surface area contributed by atoms with Gasteiger partial charge in [0.1, 0.15) is 0 Å². The average Bonchev–Trinajstić information content (AvgIpc) is 2.38. The number of thioether (sulfide) groups is 1. The van der Waals surface area contributed by atoms with Gasteiger partial charge in [-0.05, 0) is 39.1 Å². The van der Waals surface area contributed by atoms with Crippen LogP contribution in [0.4, 0.5) is 0 Å². The molecule has 2 nitrogen and oxygen atoms in total. The summed E-state index contributed by atoms with van der Waals surface area (Å²) >= 11 is 1.95. The second-order valence-corrected chi connectivity index (χ2v) is 5.45. The molecule has 0 spiro atoms. The van der Waals surface area contributed by atoms with Gasteiger partial charge in [-0.25, -0.2) is 0 Å². The fraction of sp³-hybridized carbons (Fsp3) is 1.00. The van der Waals surface area contributed by atoms with Crippen molar-refractivity contribution in [2.45, 2.75) is 32.2 Å². The molecule has 1 aliphatic heterocycles. The van der Waals surface area contributed by atoms with Crippen molar-refractivity contribution in [3.05, 3.63) is 0 Å². The van der Waals surface area contributed by atoms with Gasteiger partial charge in [-0.3, -0.25) is 0 Å². The van der Waals surface area contributed by atoms with Crippen molar-refractivity contribution in [3.63, 3.8) is 0 Å². The van der Waals surface area contributed by atoms with E-state index >= 15 is 0 Å². The molecule has 1 heterocycles. The van der Waals surface area contributed by atoms with Gasteiger partial charge < -0.3 is 10.2 Å². The molecule has 1 saturated heterocycles. The second-order valence-electron chi connectivity index (χ2n) is 4.46. The van der Waals surface area contributed by atoms with Crippen molar-refractivity contribution in [1.29, 1.82) is 0 Å². The summed E-state index contributed by atoms with van der Waals surface area (Å²) < 4.78 is 0. The summed E-state index contributed by atoms with van der Waals surface area (Å²) in [6.45, 7) is 9.54. The lowest BCUT2D eigenvalue weighted by Gasteiger charge is -2.32. The zero-order valence-electron chi connectivity index (χ0n) is 9.81. The Morgan fingerprint density at radius 1 is 1.50 bits per heavy atom. The van der Waals surface area contributed by atoms with Gasteiger partial charge in [0.15, 0.2) is 0 Å². The molecule has 1 rings (SSSR count). The van der Waals surface area contributed by atoms with Gasteiger partial charge in [0.2, 0.25) is 0 Å². The molecular weight excluding hydrogens is 192 g/mol. The van der Waals surface area contributed by atoms with Gasteiger partial charge in [0.05, 0.1) is 0 Å². The SMILES string of the molecule is CCC1(C)CN(CCSC)CCCN1. The Balaban J connectivity index is 2.43. The molecule has 0 amide bonds. The van der Waals surface area contributed by atoms with Crippen LogP contribution in [0.1, 0.15) is 26.7 Å². The summed E-state index contributed by atoms with van der Waals surface area (Å²) in [6.07, 6.45) is 4.71. The highest BCUT2D eigenvalue weighted by Gasteiger charge is 2.26. The Hall–Kier alpha value is 0.270. The van der Waals surface area contributed by atoms with E-state index in [1.54, 1.807) is 0 Å². The summed E-state index contributed by atoms with van der Waals surface area (Å²) in [6, 6.07) is 0. The number of hydrogen-bond donors (Lipinski definition) is 1. The fourth-order valence-corrected chi connectivity index (χ4v) is 2.41. The van der Waals surface area contributed by atoms with Gasteiger partial charge in [-0.1, -0.05) is 6.92 Å². The van der Waals surface area contributed by atoms with Crippen LogP contribution in [-0.2, 0) is 0 Å². The van der Waals surface area contributed by atoms with Crippen molar-refractivity contribution in [1.82, 2.24) is 10.2 Å². The fourth-order valence-electron chi connectivity index (χ4n) is 1.97. The molecule has 3 heteroatoms. The molecule has 14 heavy (non-hydrogen) atoms. The van der Waals surface area contributed by atoms with Crippen LogP contribution >= 0.6 is 11.8 Å². The number of nitrogens with zero attached hydrogens (tertiary/aromatic N) is 1. The first-order chi connectivity index (χ1) is 6.70. The molecule has 0 aromatic rings. The predicted molar refractivity (Wildman–Crippen MR) is 66.1 cm³/mol. The van der Waals surface area contributed by atoms with Gasteiger partial charge in [-0.2, -0.15) is 11.8 Å². The molecule has 0 bridgehead atoms. The molecule has 0 aromatic carbocycles. The van der Waals surface area contributed by atoms with E-state index in [2.05, 4.69) is 30.3 Å². The van der Waals surface area contributed by atoms with E-state index in [1.807, 2.05) is 11.8 Å². The third-order valence-electron chi connectivity index (χ3n) is 3.17.